The molecule has 3 aromatic carbocycles. The Bertz CT molecular complexity index is 831. The van der Waals surface area contributed by atoms with E-state index in [1.54, 1.807) is 21.9 Å². The smallest absolute Gasteiger partial charge is 0.127 e. The van der Waals surface area contributed by atoms with Crippen LogP contribution in [0, 0.1) is 5.82 Å². The number of rotatable bonds is 4. The standard InChI is InChI=1S/C22H23FN2/c23-21-10-8-18(9-11-21)16-24-12-14-25(15-13-24)17-20-6-3-5-19-4-1-2-7-22(19)20/h1-11H,12-17H2/p+2. The van der Waals surface area contributed by atoms with Crippen LogP contribution in [-0.4, -0.2) is 26.2 Å². The Morgan fingerprint density at radius 1 is 0.680 bits per heavy atom. The molecule has 1 aliphatic rings. The first kappa shape index (κ1) is 16.2. The molecular weight excluding hydrogens is 311 g/mol. The summed E-state index contributed by atoms with van der Waals surface area (Å²) in [7, 11) is 0. The third kappa shape index (κ3) is 3.89. The summed E-state index contributed by atoms with van der Waals surface area (Å²) in [6, 6.07) is 22.3. The van der Waals surface area contributed by atoms with Gasteiger partial charge in [-0.1, -0.05) is 54.6 Å². The highest BCUT2D eigenvalue weighted by Gasteiger charge is 2.23. The molecule has 0 amide bonds. The summed E-state index contributed by atoms with van der Waals surface area (Å²) in [6.07, 6.45) is 0. The number of hydrogen-bond acceptors (Lipinski definition) is 0. The van der Waals surface area contributed by atoms with Crippen LogP contribution < -0.4 is 9.80 Å². The van der Waals surface area contributed by atoms with Crippen molar-refractivity contribution in [3.63, 3.8) is 0 Å². The van der Waals surface area contributed by atoms with E-state index in [-0.39, 0.29) is 5.82 Å². The fourth-order valence-electron chi connectivity index (χ4n) is 3.92. The van der Waals surface area contributed by atoms with E-state index < -0.39 is 0 Å². The molecule has 25 heavy (non-hydrogen) atoms. The number of halogens is 1. The molecule has 1 aliphatic heterocycles. The number of benzene rings is 3. The van der Waals surface area contributed by atoms with Gasteiger partial charge in [-0.2, -0.15) is 0 Å². The lowest BCUT2D eigenvalue weighted by Crippen LogP contribution is -3.27. The van der Waals surface area contributed by atoms with E-state index in [4.69, 9.17) is 0 Å². The van der Waals surface area contributed by atoms with Gasteiger partial charge in [0.05, 0.1) is 0 Å². The second-order valence-electron chi connectivity index (χ2n) is 7.12. The van der Waals surface area contributed by atoms with Crippen LogP contribution in [0.15, 0.2) is 66.7 Å². The van der Waals surface area contributed by atoms with E-state index >= 15 is 0 Å². The minimum Gasteiger partial charge on any atom is -0.322 e. The van der Waals surface area contributed by atoms with E-state index in [0.29, 0.717) is 0 Å². The Morgan fingerprint density at radius 3 is 2.08 bits per heavy atom. The van der Waals surface area contributed by atoms with Crippen molar-refractivity contribution in [2.45, 2.75) is 13.1 Å². The fourth-order valence-corrected chi connectivity index (χ4v) is 3.92. The van der Waals surface area contributed by atoms with Crippen molar-refractivity contribution in [2.75, 3.05) is 26.2 Å². The summed E-state index contributed by atoms with van der Waals surface area (Å²) >= 11 is 0. The zero-order valence-electron chi connectivity index (χ0n) is 14.5. The molecule has 4 rings (SSSR count). The van der Waals surface area contributed by atoms with Crippen molar-refractivity contribution < 1.29 is 14.2 Å². The molecule has 0 aromatic heterocycles. The lowest BCUT2D eigenvalue weighted by atomic mass is 10.0. The normalized spacial score (nSPS) is 20.7. The van der Waals surface area contributed by atoms with Crippen molar-refractivity contribution in [1.29, 1.82) is 0 Å². The van der Waals surface area contributed by atoms with E-state index in [9.17, 15) is 4.39 Å². The summed E-state index contributed by atoms with van der Waals surface area (Å²) < 4.78 is 13.0. The van der Waals surface area contributed by atoms with Gasteiger partial charge < -0.3 is 9.80 Å². The van der Waals surface area contributed by atoms with Gasteiger partial charge in [-0.15, -0.1) is 0 Å². The fraction of sp³-hybridized carbons (Fsp3) is 0.273. The van der Waals surface area contributed by atoms with Gasteiger partial charge >= 0.3 is 0 Å². The van der Waals surface area contributed by atoms with Gasteiger partial charge in [0.2, 0.25) is 0 Å². The van der Waals surface area contributed by atoms with Crippen molar-refractivity contribution >= 4 is 10.8 Å². The van der Waals surface area contributed by atoms with Crippen LogP contribution in [0.25, 0.3) is 10.8 Å². The first-order chi connectivity index (χ1) is 12.3. The molecule has 0 radical (unpaired) electrons. The first-order valence-corrected chi connectivity index (χ1v) is 9.16. The van der Waals surface area contributed by atoms with Gasteiger partial charge in [0, 0.05) is 11.1 Å². The highest BCUT2D eigenvalue weighted by molar-refractivity contribution is 5.85. The zero-order valence-corrected chi connectivity index (χ0v) is 14.5. The molecule has 0 saturated carbocycles. The van der Waals surface area contributed by atoms with Crippen molar-refractivity contribution in [2.24, 2.45) is 0 Å². The van der Waals surface area contributed by atoms with Crippen molar-refractivity contribution in [3.8, 4) is 0 Å². The first-order valence-electron chi connectivity index (χ1n) is 9.16. The summed E-state index contributed by atoms with van der Waals surface area (Å²) in [5.74, 6) is -0.150. The van der Waals surface area contributed by atoms with Crippen LogP contribution >= 0.6 is 0 Å². The number of nitrogens with one attached hydrogen (secondary N) is 2. The quantitative estimate of drug-likeness (QED) is 0.714. The van der Waals surface area contributed by atoms with Crippen LogP contribution in [0.2, 0.25) is 0 Å². The minimum absolute atomic E-state index is 0.150. The van der Waals surface area contributed by atoms with Crippen LogP contribution in [0.4, 0.5) is 4.39 Å². The molecule has 3 aromatic rings. The molecule has 2 N–H and O–H groups in total. The summed E-state index contributed by atoms with van der Waals surface area (Å²) in [4.78, 5) is 3.27. The monoisotopic (exact) mass is 336 g/mol. The second-order valence-corrected chi connectivity index (χ2v) is 7.12. The number of fused-ring (bicyclic) bond motifs is 1. The molecule has 0 spiro atoms. The van der Waals surface area contributed by atoms with Crippen LogP contribution in [-0.2, 0) is 13.1 Å². The third-order valence-corrected chi connectivity index (χ3v) is 5.35. The van der Waals surface area contributed by atoms with Gasteiger partial charge in [0.15, 0.2) is 0 Å². The summed E-state index contributed by atoms with van der Waals surface area (Å²) in [6.45, 7) is 6.85. The second kappa shape index (κ2) is 7.34. The minimum atomic E-state index is -0.150. The van der Waals surface area contributed by atoms with Gasteiger partial charge in [0.1, 0.15) is 45.1 Å². The topological polar surface area (TPSA) is 8.88 Å². The van der Waals surface area contributed by atoms with E-state index in [1.165, 1.54) is 48.1 Å². The number of hydrogen-bond donors (Lipinski definition) is 2. The molecule has 2 nitrogen and oxygen atoms in total. The molecule has 128 valence electrons. The van der Waals surface area contributed by atoms with Crippen LogP contribution in [0.1, 0.15) is 11.1 Å². The highest BCUT2D eigenvalue weighted by Crippen LogP contribution is 2.17. The average molecular weight is 336 g/mol. The van der Waals surface area contributed by atoms with Crippen LogP contribution in [0.5, 0.6) is 0 Å². The van der Waals surface area contributed by atoms with E-state index in [2.05, 4.69) is 42.5 Å². The zero-order chi connectivity index (χ0) is 17.1. The average Bonchev–Trinajstić information content (AvgIpc) is 2.65. The molecule has 3 heteroatoms. The van der Waals surface area contributed by atoms with Gasteiger partial charge in [-0.05, 0) is 22.9 Å². The Hall–Kier alpha value is -2.23. The van der Waals surface area contributed by atoms with Gasteiger partial charge in [-0.3, -0.25) is 0 Å². The molecular formula is C22H25FN2+2. The molecule has 1 fully saturated rings. The van der Waals surface area contributed by atoms with E-state index in [0.717, 1.165) is 13.1 Å². The molecule has 0 bridgehead atoms. The third-order valence-electron chi connectivity index (χ3n) is 5.35. The lowest BCUT2D eigenvalue weighted by molar-refractivity contribution is -1.02. The lowest BCUT2D eigenvalue weighted by Gasteiger charge is -2.30. The largest absolute Gasteiger partial charge is 0.322 e. The summed E-state index contributed by atoms with van der Waals surface area (Å²) in [5, 5.41) is 2.72. The maximum atomic E-state index is 13.0. The Labute approximate surface area is 148 Å². The van der Waals surface area contributed by atoms with Gasteiger partial charge in [-0.25, -0.2) is 4.39 Å². The van der Waals surface area contributed by atoms with Crippen LogP contribution in [0.3, 0.4) is 0 Å². The van der Waals surface area contributed by atoms with E-state index in [1.807, 2.05) is 12.1 Å². The molecule has 1 heterocycles. The van der Waals surface area contributed by atoms with Gasteiger partial charge in [0.25, 0.3) is 0 Å². The molecule has 0 atom stereocenters. The Morgan fingerprint density at radius 2 is 1.32 bits per heavy atom. The predicted octanol–water partition coefficient (Wildman–Crippen LogP) is 1.46. The summed E-state index contributed by atoms with van der Waals surface area (Å²) in [5.41, 5.74) is 2.68. The maximum absolute atomic E-state index is 13.0. The molecule has 0 unspecified atom stereocenters. The molecule has 1 saturated heterocycles. The predicted molar refractivity (Wildman–Crippen MR) is 99.1 cm³/mol. The van der Waals surface area contributed by atoms with Crippen molar-refractivity contribution in [3.05, 3.63) is 83.7 Å². The Balaban J connectivity index is 1.36. The Kier molecular flexibility index (Phi) is 4.77. The number of quaternary nitrogens is 2. The SMILES string of the molecule is Fc1ccc(C[NH+]2CC[NH+](Cc3cccc4ccccc34)CC2)cc1. The highest BCUT2D eigenvalue weighted by atomic mass is 19.1. The molecule has 0 aliphatic carbocycles. The number of piperazine rings is 1. The maximum Gasteiger partial charge on any atom is 0.127 e. The van der Waals surface area contributed by atoms with Crippen molar-refractivity contribution in [1.82, 2.24) is 0 Å².